The molecule has 4 rings (SSSR count). The van der Waals surface area contributed by atoms with Gasteiger partial charge in [0.2, 0.25) is 0 Å². The number of methoxy groups -OCH3 is 1. The minimum Gasteiger partial charge on any atom is -0.486 e. The van der Waals surface area contributed by atoms with Crippen LogP contribution < -0.4 is 19.7 Å². The number of rotatable bonds is 3. The second-order valence-electron chi connectivity index (χ2n) is 6.56. The van der Waals surface area contributed by atoms with Gasteiger partial charge in [-0.15, -0.1) is 0 Å². The second kappa shape index (κ2) is 8.04. The first kappa shape index (κ1) is 19.7. The van der Waals surface area contributed by atoms with Gasteiger partial charge in [-0.25, -0.2) is 4.79 Å². The minimum atomic E-state index is -0.431. The zero-order valence-corrected chi connectivity index (χ0v) is 18.3. The lowest BCUT2D eigenvalue weighted by Crippen LogP contribution is -2.48. The average Bonchev–Trinajstić information content (AvgIpc) is 2.73. The first-order chi connectivity index (χ1) is 14.0. The van der Waals surface area contributed by atoms with Gasteiger partial charge < -0.3 is 19.5 Å². The van der Waals surface area contributed by atoms with Gasteiger partial charge in [-0.05, 0) is 42.9 Å². The number of nitrogens with zero attached hydrogens (tertiary/aromatic N) is 1. The predicted octanol–water partition coefficient (Wildman–Crippen LogP) is 4.10. The molecule has 8 heteroatoms. The lowest BCUT2D eigenvalue weighted by molar-refractivity contribution is -0.136. The van der Waals surface area contributed by atoms with E-state index in [1.165, 1.54) is 7.11 Å². The maximum atomic E-state index is 12.7. The van der Waals surface area contributed by atoms with Crippen LogP contribution in [-0.4, -0.2) is 31.4 Å². The van der Waals surface area contributed by atoms with E-state index in [1.54, 1.807) is 0 Å². The van der Waals surface area contributed by atoms with Crippen molar-refractivity contribution >= 4 is 44.9 Å². The third-order valence-corrected chi connectivity index (χ3v) is 5.91. The fraction of sp³-hybridized carbons (Fsp3) is 0.238. The first-order valence-electron chi connectivity index (χ1n) is 9.05. The Morgan fingerprint density at radius 2 is 1.93 bits per heavy atom. The number of carbonyl (C=O) groups is 1. The van der Waals surface area contributed by atoms with Crippen LogP contribution in [0.15, 0.2) is 58.2 Å². The Kier molecular flexibility index (Phi) is 5.47. The number of nitrogens with one attached hydrogen (secondary N) is 1. The number of thiocarbonyl (C=S) groups is 1. The predicted molar refractivity (Wildman–Crippen MR) is 117 cm³/mol. The van der Waals surface area contributed by atoms with Crippen LogP contribution >= 0.6 is 28.1 Å². The van der Waals surface area contributed by atoms with E-state index in [9.17, 15) is 4.79 Å². The standard InChI is InChI=1S/C21H19BrN2O4S/c1-12-18(20(25)26-2)19(14-5-3-4-6-15(14)22)23-21(29)24(12)13-7-8-16-17(11-13)28-10-9-27-16/h3-8,11,19H,9-10H2,1-2H3,(H,23,29)/t19-/m1/s1. The molecule has 2 aliphatic rings. The van der Waals surface area contributed by atoms with E-state index in [2.05, 4.69) is 21.2 Å². The summed E-state index contributed by atoms with van der Waals surface area (Å²) in [6.07, 6.45) is 0. The zero-order valence-electron chi connectivity index (χ0n) is 15.9. The van der Waals surface area contributed by atoms with Crippen molar-refractivity contribution < 1.29 is 19.0 Å². The van der Waals surface area contributed by atoms with Gasteiger partial charge in [0, 0.05) is 16.2 Å². The zero-order chi connectivity index (χ0) is 20.5. The van der Waals surface area contributed by atoms with Crippen LogP contribution in [-0.2, 0) is 9.53 Å². The summed E-state index contributed by atoms with van der Waals surface area (Å²) in [6, 6.07) is 12.9. The van der Waals surface area contributed by atoms with Crippen molar-refractivity contribution in [3.05, 3.63) is 63.8 Å². The maximum Gasteiger partial charge on any atom is 0.337 e. The number of hydrogen-bond donors (Lipinski definition) is 1. The van der Waals surface area contributed by atoms with Crippen LogP contribution in [0, 0.1) is 0 Å². The number of esters is 1. The van der Waals surface area contributed by atoms with E-state index in [-0.39, 0.29) is 0 Å². The minimum absolute atomic E-state index is 0.416. The van der Waals surface area contributed by atoms with E-state index in [1.807, 2.05) is 54.3 Å². The summed E-state index contributed by atoms with van der Waals surface area (Å²) in [6.45, 7) is 2.88. The maximum absolute atomic E-state index is 12.7. The number of ether oxygens (including phenoxy) is 3. The Bertz CT molecular complexity index is 1020. The second-order valence-corrected chi connectivity index (χ2v) is 7.80. The highest BCUT2D eigenvalue weighted by molar-refractivity contribution is 9.10. The van der Waals surface area contributed by atoms with Gasteiger partial charge in [-0.2, -0.15) is 0 Å². The summed E-state index contributed by atoms with van der Waals surface area (Å²) < 4.78 is 17.3. The summed E-state index contributed by atoms with van der Waals surface area (Å²) >= 11 is 9.25. The Morgan fingerprint density at radius 1 is 1.21 bits per heavy atom. The van der Waals surface area contributed by atoms with Gasteiger partial charge in [0.1, 0.15) is 13.2 Å². The van der Waals surface area contributed by atoms with E-state index in [0.29, 0.717) is 41.1 Å². The molecular formula is C21H19BrN2O4S. The van der Waals surface area contributed by atoms with Crippen molar-refractivity contribution in [3.8, 4) is 11.5 Å². The number of hydrogen-bond acceptors (Lipinski definition) is 5. The van der Waals surface area contributed by atoms with Crippen LogP contribution in [0.25, 0.3) is 0 Å². The SMILES string of the molecule is COC(=O)C1=C(C)N(c2ccc3c(c2)OCCO3)C(=S)N[C@@H]1c1ccccc1Br. The number of anilines is 1. The fourth-order valence-electron chi connectivity index (χ4n) is 3.54. The van der Waals surface area contributed by atoms with Crippen LogP contribution in [0.5, 0.6) is 11.5 Å². The van der Waals surface area contributed by atoms with Crippen molar-refractivity contribution in [2.24, 2.45) is 0 Å². The van der Waals surface area contributed by atoms with Gasteiger partial charge in [0.25, 0.3) is 0 Å². The molecule has 1 atom stereocenters. The van der Waals surface area contributed by atoms with E-state index in [4.69, 9.17) is 26.4 Å². The van der Waals surface area contributed by atoms with E-state index >= 15 is 0 Å². The molecule has 2 aromatic carbocycles. The molecule has 29 heavy (non-hydrogen) atoms. The van der Waals surface area contributed by atoms with Gasteiger partial charge in [0.15, 0.2) is 16.6 Å². The monoisotopic (exact) mass is 474 g/mol. The summed E-state index contributed by atoms with van der Waals surface area (Å²) in [4.78, 5) is 14.6. The van der Waals surface area contributed by atoms with Crippen molar-refractivity contribution in [2.75, 3.05) is 25.2 Å². The topological polar surface area (TPSA) is 60.0 Å². The molecular weight excluding hydrogens is 456 g/mol. The Labute approximate surface area is 182 Å². The number of allylic oxidation sites excluding steroid dienone is 1. The van der Waals surface area contributed by atoms with Crippen molar-refractivity contribution in [3.63, 3.8) is 0 Å². The molecule has 150 valence electrons. The molecule has 6 nitrogen and oxygen atoms in total. The molecule has 0 bridgehead atoms. The highest BCUT2D eigenvalue weighted by Gasteiger charge is 2.36. The largest absolute Gasteiger partial charge is 0.486 e. The average molecular weight is 475 g/mol. The third-order valence-electron chi connectivity index (χ3n) is 4.89. The van der Waals surface area contributed by atoms with Crippen molar-refractivity contribution in [2.45, 2.75) is 13.0 Å². The van der Waals surface area contributed by atoms with Crippen LogP contribution in [0.3, 0.4) is 0 Å². The molecule has 2 heterocycles. The van der Waals surface area contributed by atoms with Crippen molar-refractivity contribution in [1.82, 2.24) is 5.32 Å². The van der Waals surface area contributed by atoms with Crippen LogP contribution in [0.4, 0.5) is 5.69 Å². The normalized spacial score (nSPS) is 18.4. The Hall–Kier alpha value is -2.58. The smallest absolute Gasteiger partial charge is 0.337 e. The molecule has 0 radical (unpaired) electrons. The molecule has 2 aromatic rings. The molecule has 0 aliphatic carbocycles. The highest BCUT2D eigenvalue weighted by Crippen LogP contribution is 2.39. The van der Waals surface area contributed by atoms with Crippen LogP contribution in [0.1, 0.15) is 18.5 Å². The number of halogens is 1. The molecule has 0 saturated carbocycles. The molecule has 1 N–H and O–H groups in total. The summed E-state index contributed by atoms with van der Waals surface area (Å²) in [5.74, 6) is 0.925. The van der Waals surface area contributed by atoms with Gasteiger partial charge >= 0.3 is 5.97 Å². The lowest BCUT2D eigenvalue weighted by atomic mass is 9.95. The fourth-order valence-corrected chi connectivity index (χ4v) is 4.42. The number of fused-ring (bicyclic) bond motifs is 1. The molecule has 0 amide bonds. The summed E-state index contributed by atoms with van der Waals surface area (Å²) in [5.41, 5.74) is 2.86. The number of carbonyl (C=O) groups excluding carboxylic acids is 1. The van der Waals surface area contributed by atoms with Gasteiger partial charge in [0.05, 0.1) is 24.4 Å². The molecule has 0 fully saturated rings. The third kappa shape index (κ3) is 3.58. The van der Waals surface area contributed by atoms with E-state index in [0.717, 1.165) is 15.7 Å². The van der Waals surface area contributed by atoms with Gasteiger partial charge in [-0.1, -0.05) is 34.1 Å². The Balaban J connectivity index is 1.82. The Morgan fingerprint density at radius 3 is 2.66 bits per heavy atom. The first-order valence-corrected chi connectivity index (χ1v) is 10.2. The quantitative estimate of drug-likeness (QED) is 0.530. The molecule has 0 aromatic heterocycles. The van der Waals surface area contributed by atoms with Crippen LogP contribution in [0.2, 0.25) is 0 Å². The summed E-state index contributed by atoms with van der Waals surface area (Å²) in [7, 11) is 1.38. The molecule has 0 saturated heterocycles. The summed E-state index contributed by atoms with van der Waals surface area (Å²) in [5, 5.41) is 3.77. The van der Waals surface area contributed by atoms with Crippen molar-refractivity contribution in [1.29, 1.82) is 0 Å². The molecule has 0 unspecified atom stereocenters. The molecule has 0 spiro atoms. The number of benzene rings is 2. The van der Waals surface area contributed by atoms with Gasteiger partial charge in [-0.3, -0.25) is 4.90 Å². The van der Waals surface area contributed by atoms with E-state index < -0.39 is 12.0 Å². The lowest BCUT2D eigenvalue weighted by Gasteiger charge is -2.38. The highest BCUT2D eigenvalue weighted by atomic mass is 79.9. The molecule has 2 aliphatic heterocycles.